The summed E-state index contributed by atoms with van der Waals surface area (Å²) in [5.74, 6) is 2.06. The number of nitrogens with zero attached hydrogens (tertiary/aromatic N) is 3. The molecule has 0 amide bonds. The molecule has 1 aromatic carbocycles. The van der Waals surface area contributed by atoms with Gasteiger partial charge in [0.1, 0.15) is 0 Å². The zero-order valence-electron chi connectivity index (χ0n) is 18.8. The SMILES string of the molecule is Cc1cc(C2C(c3ccccn3)NC(=S)N2CC(C)C)c(C)n1-c1ccc2c(c1)OCO2. The fourth-order valence-corrected chi connectivity index (χ4v) is 5.16. The molecule has 1 saturated heterocycles. The van der Waals surface area contributed by atoms with E-state index in [1.54, 1.807) is 0 Å². The molecule has 5 rings (SSSR count). The molecule has 1 fully saturated rings. The number of hydrogen-bond donors (Lipinski definition) is 1. The highest BCUT2D eigenvalue weighted by molar-refractivity contribution is 7.80. The van der Waals surface area contributed by atoms with Gasteiger partial charge in [0, 0.05) is 35.9 Å². The third-order valence-electron chi connectivity index (χ3n) is 6.16. The normalized spacial score (nSPS) is 19.7. The van der Waals surface area contributed by atoms with Gasteiger partial charge in [-0.15, -0.1) is 0 Å². The number of fused-ring (bicyclic) bond motifs is 1. The third-order valence-corrected chi connectivity index (χ3v) is 6.52. The molecule has 6 nitrogen and oxygen atoms in total. The molecule has 2 unspecified atom stereocenters. The van der Waals surface area contributed by atoms with Gasteiger partial charge >= 0.3 is 0 Å². The summed E-state index contributed by atoms with van der Waals surface area (Å²) in [5, 5.41) is 4.34. The van der Waals surface area contributed by atoms with Crippen LogP contribution in [-0.2, 0) is 0 Å². The Hall–Kier alpha value is -3.06. The fraction of sp³-hybridized carbons (Fsp3) is 0.360. The van der Waals surface area contributed by atoms with Crippen molar-refractivity contribution in [3.05, 3.63) is 71.3 Å². The van der Waals surface area contributed by atoms with E-state index in [4.69, 9.17) is 21.7 Å². The Bertz CT molecular complexity index is 1160. The Balaban J connectivity index is 1.61. The summed E-state index contributed by atoms with van der Waals surface area (Å²) in [7, 11) is 0. The molecule has 2 aromatic heterocycles. The fourth-order valence-electron chi connectivity index (χ4n) is 4.84. The minimum atomic E-state index is -0.00634. The first-order chi connectivity index (χ1) is 15.4. The number of benzene rings is 1. The largest absolute Gasteiger partial charge is 0.454 e. The molecule has 0 saturated carbocycles. The first-order valence-electron chi connectivity index (χ1n) is 11.0. The van der Waals surface area contributed by atoms with Crippen molar-refractivity contribution in [2.24, 2.45) is 5.92 Å². The van der Waals surface area contributed by atoms with Crippen LogP contribution >= 0.6 is 12.2 Å². The highest BCUT2D eigenvalue weighted by atomic mass is 32.1. The van der Waals surface area contributed by atoms with E-state index in [-0.39, 0.29) is 18.9 Å². The van der Waals surface area contributed by atoms with Crippen LogP contribution in [0.25, 0.3) is 5.69 Å². The van der Waals surface area contributed by atoms with Gasteiger partial charge in [0.15, 0.2) is 16.6 Å². The van der Waals surface area contributed by atoms with Gasteiger partial charge in [0.2, 0.25) is 6.79 Å². The maximum absolute atomic E-state index is 5.79. The Morgan fingerprint density at radius 1 is 1.12 bits per heavy atom. The van der Waals surface area contributed by atoms with Crippen molar-refractivity contribution in [2.45, 2.75) is 39.8 Å². The number of nitrogens with one attached hydrogen (secondary N) is 1. The zero-order valence-corrected chi connectivity index (χ0v) is 19.6. The van der Waals surface area contributed by atoms with Crippen molar-refractivity contribution in [3.8, 4) is 17.2 Å². The molecule has 1 N–H and O–H groups in total. The van der Waals surface area contributed by atoms with Gasteiger partial charge in [-0.1, -0.05) is 19.9 Å². The summed E-state index contributed by atoms with van der Waals surface area (Å²) in [6, 6.07) is 14.5. The lowest BCUT2D eigenvalue weighted by Crippen LogP contribution is -2.33. The summed E-state index contributed by atoms with van der Waals surface area (Å²) >= 11 is 5.79. The summed E-state index contributed by atoms with van der Waals surface area (Å²) in [6.45, 7) is 9.93. The average molecular weight is 449 g/mol. The molecular formula is C25H28N4O2S. The number of pyridine rings is 1. The van der Waals surface area contributed by atoms with Gasteiger partial charge in [-0.25, -0.2) is 0 Å². The quantitative estimate of drug-likeness (QED) is 0.564. The van der Waals surface area contributed by atoms with E-state index in [0.29, 0.717) is 5.92 Å². The minimum absolute atomic E-state index is 0.00634. The zero-order chi connectivity index (χ0) is 22.4. The van der Waals surface area contributed by atoms with E-state index in [2.05, 4.69) is 65.7 Å². The second-order valence-electron chi connectivity index (χ2n) is 8.87. The van der Waals surface area contributed by atoms with Crippen LogP contribution in [0.1, 0.15) is 48.6 Å². The molecule has 2 aliphatic rings. The molecule has 4 heterocycles. The van der Waals surface area contributed by atoms with Crippen LogP contribution in [-0.4, -0.2) is 32.9 Å². The smallest absolute Gasteiger partial charge is 0.231 e. The van der Waals surface area contributed by atoms with Crippen LogP contribution in [0.4, 0.5) is 0 Å². The topological polar surface area (TPSA) is 51.6 Å². The van der Waals surface area contributed by atoms with Gasteiger partial charge in [-0.2, -0.15) is 0 Å². The molecule has 32 heavy (non-hydrogen) atoms. The van der Waals surface area contributed by atoms with Crippen molar-refractivity contribution in [1.29, 1.82) is 0 Å². The Morgan fingerprint density at radius 2 is 1.94 bits per heavy atom. The standard InChI is InChI=1S/C25H28N4O2S/c1-15(2)13-28-24(23(27-25(28)32)20-7-5-6-10-26-20)19-11-16(3)29(17(19)4)18-8-9-21-22(12-18)31-14-30-21/h5-12,15,23-24H,13-14H2,1-4H3,(H,27,32). The molecule has 0 spiro atoms. The van der Waals surface area contributed by atoms with E-state index < -0.39 is 0 Å². The molecule has 7 heteroatoms. The minimum Gasteiger partial charge on any atom is -0.454 e. The van der Waals surface area contributed by atoms with Crippen LogP contribution in [0.5, 0.6) is 11.5 Å². The number of thiocarbonyl (C=S) groups is 1. The second kappa shape index (κ2) is 8.13. The lowest BCUT2D eigenvalue weighted by atomic mass is 9.96. The van der Waals surface area contributed by atoms with Crippen LogP contribution in [0, 0.1) is 19.8 Å². The Kier molecular flexibility index (Phi) is 5.29. The number of ether oxygens (including phenoxy) is 2. The van der Waals surface area contributed by atoms with Crippen LogP contribution in [0.2, 0.25) is 0 Å². The summed E-state index contributed by atoms with van der Waals surface area (Å²) in [5.41, 5.74) is 5.67. The van der Waals surface area contributed by atoms with Gasteiger partial charge in [0.05, 0.1) is 17.8 Å². The highest BCUT2D eigenvalue weighted by Gasteiger charge is 2.41. The lowest BCUT2D eigenvalue weighted by molar-refractivity contribution is 0.174. The van der Waals surface area contributed by atoms with Gasteiger partial charge in [-0.05, 0) is 67.9 Å². The molecular weight excluding hydrogens is 420 g/mol. The van der Waals surface area contributed by atoms with E-state index >= 15 is 0 Å². The van der Waals surface area contributed by atoms with E-state index in [1.165, 1.54) is 17.0 Å². The van der Waals surface area contributed by atoms with Crippen molar-refractivity contribution in [1.82, 2.24) is 19.8 Å². The van der Waals surface area contributed by atoms with E-state index in [1.807, 2.05) is 30.5 Å². The van der Waals surface area contributed by atoms with Crippen molar-refractivity contribution < 1.29 is 9.47 Å². The number of rotatable bonds is 5. The molecule has 0 aliphatic carbocycles. The van der Waals surface area contributed by atoms with Crippen LogP contribution < -0.4 is 14.8 Å². The van der Waals surface area contributed by atoms with Gasteiger partial charge in [-0.3, -0.25) is 4.98 Å². The van der Waals surface area contributed by atoms with E-state index in [9.17, 15) is 0 Å². The third kappa shape index (κ3) is 3.50. The molecule has 0 radical (unpaired) electrons. The number of aromatic nitrogens is 2. The summed E-state index contributed by atoms with van der Waals surface area (Å²) in [4.78, 5) is 6.98. The highest BCUT2D eigenvalue weighted by Crippen LogP contribution is 2.42. The monoisotopic (exact) mass is 448 g/mol. The Labute approximate surface area is 194 Å². The van der Waals surface area contributed by atoms with Crippen molar-refractivity contribution in [2.75, 3.05) is 13.3 Å². The van der Waals surface area contributed by atoms with Crippen molar-refractivity contribution >= 4 is 17.3 Å². The second-order valence-corrected chi connectivity index (χ2v) is 9.26. The molecule has 2 atom stereocenters. The molecule has 3 aromatic rings. The molecule has 0 bridgehead atoms. The predicted molar refractivity (Wildman–Crippen MR) is 128 cm³/mol. The van der Waals surface area contributed by atoms with Crippen LogP contribution in [0.15, 0.2) is 48.7 Å². The first-order valence-corrected chi connectivity index (χ1v) is 11.4. The lowest BCUT2D eigenvalue weighted by Gasteiger charge is -2.29. The van der Waals surface area contributed by atoms with Gasteiger partial charge in [0.25, 0.3) is 0 Å². The van der Waals surface area contributed by atoms with Crippen LogP contribution in [0.3, 0.4) is 0 Å². The maximum Gasteiger partial charge on any atom is 0.231 e. The van der Waals surface area contributed by atoms with Gasteiger partial charge < -0.3 is 24.3 Å². The number of hydrogen-bond acceptors (Lipinski definition) is 4. The average Bonchev–Trinajstić information content (AvgIpc) is 3.44. The maximum atomic E-state index is 5.79. The van der Waals surface area contributed by atoms with Crippen molar-refractivity contribution in [3.63, 3.8) is 0 Å². The van der Waals surface area contributed by atoms with E-state index in [0.717, 1.165) is 34.5 Å². The number of aryl methyl sites for hydroxylation is 1. The summed E-state index contributed by atoms with van der Waals surface area (Å²) in [6.07, 6.45) is 1.85. The predicted octanol–water partition coefficient (Wildman–Crippen LogP) is 4.85. The Morgan fingerprint density at radius 3 is 2.69 bits per heavy atom. The molecule has 166 valence electrons. The summed E-state index contributed by atoms with van der Waals surface area (Å²) < 4.78 is 13.4. The molecule has 2 aliphatic heterocycles. The first kappa shape index (κ1) is 20.8.